The monoisotopic (exact) mass is 209 g/mol. The van der Waals surface area contributed by atoms with E-state index in [1.54, 1.807) is 0 Å². The van der Waals surface area contributed by atoms with Crippen molar-refractivity contribution in [1.82, 2.24) is 4.98 Å². The Hall–Kier alpha value is -0.870. The van der Waals surface area contributed by atoms with Gasteiger partial charge in [-0.2, -0.15) is 4.39 Å². The second kappa shape index (κ2) is 3.25. The zero-order chi connectivity index (χ0) is 9.30. The summed E-state index contributed by atoms with van der Waals surface area (Å²) >= 11 is 10.7. The molecule has 0 radical (unpaired) electrons. The van der Waals surface area contributed by atoms with Gasteiger partial charge in [-0.25, -0.2) is 9.78 Å². The summed E-state index contributed by atoms with van der Waals surface area (Å²) in [4.78, 5) is 13.4. The van der Waals surface area contributed by atoms with Crippen molar-refractivity contribution >= 4 is 29.2 Å². The van der Waals surface area contributed by atoms with Crippen molar-refractivity contribution in [3.05, 3.63) is 27.8 Å². The molecule has 0 aliphatic carbocycles. The fourth-order valence-electron chi connectivity index (χ4n) is 0.594. The average molecular weight is 210 g/mol. The van der Waals surface area contributed by atoms with E-state index in [0.717, 1.165) is 6.07 Å². The van der Waals surface area contributed by atoms with Gasteiger partial charge in [0.05, 0.1) is 10.0 Å². The molecule has 6 heteroatoms. The Bertz CT molecular complexity index is 343. The molecule has 1 N–H and O–H groups in total. The molecule has 0 aromatic carbocycles. The molecule has 1 aromatic rings. The lowest BCUT2D eigenvalue weighted by Crippen LogP contribution is -2.03. The molecular weight excluding hydrogens is 208 g/mol. The molecule has 12 heavy (non-hydrogen) atoms. The van der Waals surface area contributed by atoms with E-state index in [1.165, 1.54) is 0 Å². The van der Waals surface area contributed by atoms with Crippen LogP contribution in [-0.4, -0.2) is 16.1 Å². The van der Waals surface area contributed by atoms with E-state index in [0.29, 0.717) is 0 Å². The maximum absolute atomic E-state index is 12.6. The van der Waals surface area contributed by atoms with Gasteiger partial charge in [-0.1, -0.05) is 23.2 Å². The third-order valence-electron chi connectivity index (χ3n) is 1.09. The summed E-state index contributed by atoms with van der Waals surface area (Å²) in [6.45, 7) is 0. The van der Waals surface area contributed by atoms with Crippen LogP contribution in [0.25, 0.3) is 0 Å². The van der Waals surface area contributed by atoms with Gasteiger partial charge in [0, 0.05) is 0 Å². The van der Waals surface area contributed by atoms with Crippen LogP contribution in [0.2, 0.25) is 10.0 Å². The second-order valence-corrected chi connectivity index (χ2v) is 2.71. The number of aromatic carboxylic acids is 1. The smallest absolute Gasteiger partial charge is 0.356 e. The number of pyridine rings is 1. The minimum atomic E-state index is -1.39. The molecule has 0 amide bonds. The van der Waals surface area contributed by atoms with Crippen molar-refractivity contribution in [2.45, 2.75) is 0 Å². The second-order valence-electron chi connectivity index (χ2n) is 1.90. The topological polar surface area (TPSA) is 50.2 Å². The number of rotatable bonds is 1. The van der Waals surface area contributed by atoms with Gasteiger partial charge in [-0.15, -0.1) is 0 Å². The van der Waals surface area contributed by atoms with Crippen LogP contribution in [0, 0.1) is 5.95 Å². The first-order valence-electron chi connectivity index (χ1n) is 2.77. The summed E-state index contributed by atoms with van der Waals surface area (Å²) in [5, 5.41) is 7.94. The van der Waals surface area contributed by atoms with Gasteiger partial charge in [0.2, 0.25) is 5.95 Å². The third-order valence-corrected chi connectivity index (χ3v) is 1.64. The summed E-state index contributed by atoms with van der Waals surface area (Å²) in [7, 11) is 0. The molecule has 1 rings (SSSR count). The zero-order valence-corrected chi connectivity index (χ0v) is 7.03. The fraction of sp³-hybridized carbons (Fsp3) is 0. The predicted octanol–water partition coefficient (Wildman–Crippen LogP) is 2.23. The molecule has 0 unspecified atom stereocenters. The summed E-state index contributed by atoms with van der Waals surface area (Å²) in [6, 6.07) is 0.995. The lowest BCUT2D eigenvalue weighted by atomic mass is 10.3. The van der Waals surface area contributed by atoms with Gasteiger partial charge >= 0.3 is 5.97 Å². The minimum Gasteiger partial charge on any atom is -0.476 e. The number of carbonyl (C=O) groups is 1. The number of carboxylic acids is 1. The molecule has 0 aliphatic heterocycles. The largest absolute Gasteiger partial charge is 0.476 e. The fourth-order valence-corrected chi connectivity index (χ4v) is 1.03. The molecule has 0 bridgehead atoms. The first-order chi connectivity index (χ1) is 5.52. The van der Waals surface area contributed by atoms with E-state index in [1.807, 2.05) is 0 Å². The van der Waals surface area contributed by atoms with Gasteiger partial charge in [0.1, 0.15) is 0 Å². The lowest BCUT2D eigenvalue weighted by Gasteiger charge is -1.98. The lowest BCUT2D eigenvalue weighted by molar-refractivity contribution is 0.0689. The molecule has 0 atom stereocenters. The predicted molar refractivity (Wildman–Crippen MR) is 41.2 cm³/mol. The van der Waals surface area contributed by atoms with E-state index < -0.39 is 17.6 Å². The van der Waals surface area contributed by atoms with Crippen LogP contribution >= 0.6 is 23.2 Å². The summed E-state index contributed by atoms with van der Waals surface area (Å²) in [6.07, 6.45) is 0. The Labute approximate surface area is 76.7 Å². The van der Waals surface area contributed by atoms with Crippen LogP contribution in [0.3, 0.4) is 0 Å². The number of aromatic nitrogens is 1. The minimum absolute atomic E-state index is 0.186. The molecule has 3 nitrogen and oxygen atoms in total. The van der Waals surface area contributed by atoms with E-state index in [2.05, 4.69) is 4.98 Å². The van der Waals surface area contributed by atoms with Gasteiger partial charge in [-0.3, -0.25) is 0 Å². The molecule has 64 valence electrons. The van der Waals surface area contributed by atoms with Crippen molar-refractivity contribution < 1.29 is 14.3 Å². The summed E-state index contributed by atoms with van der Waals surface area (Å²) in [5.74, 6) is -2.44. The number of halogens is 3. The number of nitrogens with zero attached hydrogens (tertiary/aromatic N) is 1. The maximum Gasteiger partial charge on any atom is 0.356 e. The Balaban J connectivity index is 3.33. The normalized spacial score (nSPS) is 9.92. The molecule has 0 saturated carbocycles. The standard InChI is InChI=1S/C6H2Cl2FNO2/c7-2-1-3(8)5(9)10-4(2)6(11)12/h1H,(H,11,12). The third kappa shape index (κ3) is 1.65. The molecule has 0 aliphatic rings. The van der Waals surface area contributed by atoms with Crippen molar-refractivity contribution in [3.8, 4) is 0 Å². The van der Waals surface area contributed by atoms with Gasteiger partial charge in [0.15, 0.2) is 5.69 Å². The van der Waals surface area contributed by atoms with Crippen molar-refractivity contribution in [3.63, 3.8) is 0 Å². The van der Waals surface area contributed by atoms with Crippen LogP contribution in [0.5, 0.6) is 0 Å². The van der Waals surface area contributed by atoms with E-state index >= 15 is 0 Å². The number of hydrogen-bond donors (Lipinski definition) is 1. The zero-order valence-electron chi connectivity index (χ0n) is 5.51. The maximum atomic E-state index is 12.6. The molecular formula is C6H2Cl2FNO2. The molecule has 1 heterocycles. The quantitative estimate of drug-likeness (QED) is 0.723. The number of hydrogen-bond acceptors (Lipinski definition) is 2. The van der Waals surface area contributed by atoms with E-state index in [-0.39, 0.29) is 10.0 Å². The Kier molecular flexibility index (Phi) is 2.49. The van der Waals surface area contributed by atoms with Crippen LogP contribution < -0.4 is 0 Å². The molecule has 1 aromatic heterocycles. The van der Waals surface area contributed by atoms with Crippen molar-refractivity contribution in [2.24, 2.45) is 0 Å². The van der Waals surface area contributed by atoms with Crippen LogP contribution in [-0.2, 0) is 0 Å². The number of carboxylic acid groups (broad SMARTS) is 1. The first kappa shape index (κ1) is 9.22. The average Bonchev–Trinajstić information content (AvgIpc) is 1.96. The highest BCUT2D eigenvalue weighted by molar-refractivity contribution is 6.36. The molecule has 0 spiro atoms. The van der Waals surface area contributed by atoms with Crippen molar-refractivity contribution in [2.75, 3.05) is 0 Å². The van der Waals surface area contributed by atoms with Gasteiger partial charge in [0.25, 0.3) is 0 Å². The summed E-state index contributed by atoms with van der Waals surface area (Å²) in [5.41, 5.74) is -0.543. The highest BCUT2D eigenvalue weighted by Gasteiger charge is 2.14. The van der Waals surface area contributed by atoms with Gasteiger partial charge < -0.3 is 5.11 Å². The van der Waals surface area contributed by atoms with Crippen LogP contribution in [0.1, 0.15) is 10.5 Å². The Morgan fingerprint density at radius 2 is 2.08 bits per heavy atom. The van der Waals surface area contributed by atoms with Gasteiger partial charge in [-0.05, 0) is 6.07 Å². The van der Waals surface area contributed by atoms with Crippen LogP contribution in [0.4, 0.5) is 4.39 Å². The molecule has 0 fully saturated rings. The first-order valence-corrected chi connectivity index (χ1v) is 3.53. The van der Waals surface area contributed by atoms with E-state index in [4.69, 9.17) is 28.3 Å². The Morgan fingerprint density at radius 3 is 2.58 bits per heavy atom. The highest BCUT2D eigenvalue weighted by Crippen LogP contribution is 2.21. The summed E-state index contributed by atoms with van der Waals surface area (Å²) < 4.78 is 12.6. The Morgan fingerprint density at radius 1 is 1.50 bits per heavy atom. The molecule has 0 saturated heterocycles. The highest BCUT2D eigenvalue weighted by atomic mass is 35.5. The van der Waals surface area contributed by atoms with E-state index in [9.17, 15) is 9.18 Å². The van der Waals surface area contributed by atoms with Crippen LogP contribution in [0.15, 0.2) is 6.07 Å². The van der Waals surface area contributed by atoms with Crippen molar-refractivity contribution in [1.29, 1.82) is 0 Å². The SMILES string of the molecule is O=C(O)c1nc(F)c(Cl)cc1Cl.